The van der Waals surface area contributed by atoms with Crippen molar-refractivity contribution in [2.75, 3.05) is 12.4 Å². The zero-order chi connectivity index (χ0) is 21.3. The number of hydrogen-bond acceptors (Lipinski definition) is 4. The zero-order valence-corrected chi connectivity index (χ0v) is 17.6. The van der Waals surface area contributed by atoms with E-state index in [4.69, 9.17) is 16.3 Å². The third-order valence-corrected chi connectivity index (χ3v) is 5.90. The monoisotopic (exact) mass is 422 g/mol. The molecule has 1 heterocycles. The number of para-hydroxylation sites is 2. The highest BCUT2D eigenvalue weighted by atomic mass is 35.5. The Labute approximate surface area is 180 Å². The van der Waals surface area contributed by atoms with Crippen molar-refractivity contribution in [3.05, 3.63) is 82.2 Å². The van der Waals surface area contributed by atoms with Gasteiger partial charge in [-0.15, -0.1) is 0 Å². The first-order valence-electron chi connectivity index (χ1n) is 9.90. The lowest BCUT2D eigenvalue weighted by Gasteiger charge is -2.38. The van der Waals surface area contributed by atoms with E-state index in [0.29, 0.717) is 34.9 Å². The van der Waals surface area contributed by atoms with Crippen molar-refractivity contribution >= 4 is 29.0 Å². The second-order valence-electron chi connectivity index (χ2n) is 7.49. The van der Waals surface area contributed by atoms with Crippen LogP contribution in [-0.2, 0) is 9.59 Å². The standard InChI is InChI=1S/C24H23ClN2O3/c1-14-21(24(29)27-17-6-3-4-9-20(17)30-2)22(15-10-12-16(25)13-11-15)23-18(26-14)7-5-8-19(23)28/h3-4,6-7,9-13,22-23,26H,5,8H2,1-2H3,(H,27,29). The molecule has 5 nitrogen and oxygen atoms in total. The molecule has 0 aromatic heterocycles. The number of methoxy groups -OCH3 is 1. The van der Waals surface area contributed by atoms with E-state index < -0.39 is 11.8 Å². The Bertz CT molecular complexity index is 1060. The minimum absolute atomic E-state index is 0.134. The van der Waals surface area contributed by atoms with Crippen LogP contribution < -0.4 is 15.4 Å². The Hall–Kier alpha value is -3.05. The molecule has 4 rings (SSSR count). The Kier molecular flexibility index (Phi) is 5.64. The number of amides is 1. The Morgan fingerprint density at radius 2 is 1.87 bits per heavy atom. The number of rotatable bonds is 4. The van der Waals surface area contributed by atoms with Gasteiger partial charge in [-0.25, -0.2) is 0 Å². The highest BCUT2D eigenvalue weighted by molar-refractivity contribution is 6.30. The minimum Gasteiger partial charge on any atom is -0.495 e. The number of carbonyl (C=O) groups excluding carboxylic acids is 2. The van der Waals surface area contributed by atoms with Crippen LogP contribution in [0.25, 0.3) is 0 Å². The number of benzene rings is 2. The number of halogens is 1. The maximum absolute atomic E-state index is 13.5. The van der Waals surface area contributed by atoms with Crippen LogP contribution in [0.15, 0.2) is 71.6 Å². The van der Waals surface area contributed by atoms with Crippen molar-refractivity contribution in [3.8, 4) is 5.75 Å². The maximum Gasteiger partial charge on any atom is 0.254 e. The van der Waals surface area contributed by atoms with Gasteiger partial charge in [0.25, 0.3) is 5.91 Å². The molecular weight excluding hydrogens is 400 g/mol. The topological polar surface area (TPSA) is 67.4 Å². The summed E-state index contributed by atoms with van der Waals surface area (Å²) < 4.78 is 5.36. The first-order chi connectivity index (χ1) is 14.5. The molecule has 6 heteroatoms. The van der Waals surface area contributed by atoms with Gasteiger partial charge in [0.05, 0.1) is 18.7 Å². The van der Waals surface area contributed by atoms with E-state index in [1.54, 1.807) is 31.4 Å². The predicted octanol–water partition coefficient (Wildman–Crippen LogP) is 4.81. The average molecular weight is 423 g/mol. The number of Topliss-reactive ketones (excluding diaryl/α,β-unsaturated/α-hetero) is 1. The van der Waals surface area contributed by atoms with Crippen LogP contribution >= 0.6 is 11.6 Å². The molecule has 1 amide bonds. The predicted molar refractivity (Wildman–Crippen MR) is 117 cm³/mol. The fourth-order valence-corrected chi connectivity index (χ4v) is 4.41. The van der Waals surface area contributed by atoms with E-state index >= 15 is 0 Å². The summed E-state index contributed by atoms with van der Waals surface area (Å²) in [5.41, 5.74) is 3.62. The molecule has 0 bridgehead atoms. The molecule has 0 fully saturated rings. The van der Waals surface area contributed by atoms with Crippen LogP contribution in [0.4, 0.5) is 5.69 Å². The fraction of sp³-hybridized carbons (Fsp3) is 0.250. The number of nitrogens with one attached hydrogen (secondary N) is 2. The molecule has 2 aliphatic rings. The van der Waals surface area contributed by atoms with Crippen molar-refractivity contribution in [2.45, 2.75) is 25.7 Å². The summed E-state index contributed by atoms with van der Waals surface area (Å²) in [5.74, 6) is -0.360. The SMILES string of the molecule is COc1ccccc1NC(=O)C1=C(C)NC2=CCCC(=O)C2C1c1ccc(Cl)cc1. The maximum atomic E-state index is 13.5. The fourth-order valence-electron chi connectivity index (χ4n) is 4.28. The molecule has 2 N–H and O–H groups in total. The van der Waals surface area contributed by atoms with Gasteiger partial charge in [0.2, 0.25) is 0 Å². The van der Waals surface area contributed by atoms with Gasteiger partial charge in [0.15, 0.2) is 0 Å². The van der Waals surface area contributed by atoms with E-state index in [2.05, 4.69) is 16.7 Å². The van der Waals surface area contributed by atoms with Crippen LogP contribution in [0.3, 0.4) is 0 Å². The Morgan fingerprint density at radius 3 is 2.60 bits per heavy atom. The lowest BCUT2D eigenvalue weighted by atomic mass is 9.71. The van der Waals surface area contributed by atoms with Crippen LogP contribution in [0.5, 0.6) is 5.75 Å². The van der Waals surface area contributed by atoms with Crippen LogP contribution in [0.1, 0.15) is 31.2 Å². The van der Waals surface area contributed by atoms with E-state index in [1.807, 2.05) is 31.2 Å². The van der Waals surface area contributed by atoms with Gasteiger partial charge in [0.1, 0.15) is 11.5 Å². The summed E-state index contributed by atoms with van der Waals surface area (Å²) in [4.78, 5) is 26.4. The third kappa shape index (κ3) is 3.73. The number of hydrogen-bond donors (Lipinski definition) is 2. The summed E-state index contributed by atoms with van der Waals surface area (Å²) in [6, 6.07) is 14.6. The summed E-state index contributed by atoms with van der Waals surface area (Å²) in [5, 5.41) is 6.88. The molecule has 0 radical (unpaired) electrons. The van der Waals surface area contributed by atoms with Gasteiger partial charge in [-0.1, -0.05) is 41.9 Å². The van der Waals surface area contributed by atoms with E-state index in [-0.39, 0.29) is 11.7 Å². The molecule has 0 saturated carbocycles. The molecule has 2 unspecified atom stereocenters. The first-order valence-corrected chi connectivity index (χ1v) is 10.3. The largest absolute Gasteiger partial charge is 0.495 e. The second-order valence-corrected chi connectivity index (χ2v) is 7.93. The van der Waals surface area contributed by atoms with E-state index in [1.165, 1.54) is 0 Å². The summed E-state index contributed by atoms with van der Waals surface area (Å²) in [6.07, 6.45) is 3.24. The normalized spacial score (nSPS) is 20.8. The second kappa shape index (κ2) is 8.36. The molecule has 154 valence electrons. The molecule has 2 aromatic rings. The smallest absolute Gasteiger partial charge is 0.254 e. The Balaban J connectivity index is 1.79. The van der Waals surface area contributed by atoms with Gasteiger partial charge in [0, 0.05) is 34.3 Å². The molecule has 2 atom stereocenters. The lowest BCUT2D eigenvalue weighted by molar-refractivity contribution is -0.122. The van der Waals surface area contributed by atoms with Gasteiger partial charge >= 0.3 is 0 Å². The zero-order valence-electron chi connectivity index (χ0n) is 16.9. The average Bonchev–Trinajstić information content (AvgIpc) is 2.74. The van der Waals surface area contributed by atoms with E-state index in [0.717, 1.165) is 17.0 Å². The number of fused-ring (bicyclic) bond motifs is 1. The molecule has 2 aromatic carbocycles. The quantitative estimate of drug-likeness (QED) is 0.741. The molecule has 30 heavy (non-hydrogen) atoms. The highest BCUT2D eigenvalue weighted by Gasteiger charge is 2.42. The number of ketones is 1. The van der Waals surface area contributed by atoms with Crippen molar-refractivity contribution in [3.63, 3.8) is 0 Å². The lowest BCUT2D eigenvalue weighted by Crippen LogP contribution is -2.41. The molecule has 0 saturated heterocycles. The molecule has 1 aliphatic carbocycles. The number of carbonyl (C=O) groups is 2. The summed E-state index contributed by atoms with van der Waals surface area (Å²) in [7, 11) is 1.56. The van der Waals surface area contributed by atoms with Gasteiger partial charge in [-0.2, -0.15) is 0 Å². The van der Waals surface area contributed by atoms with Crippen LogP contribution in [0.2, 0.25) is 5.02 Å². The Morgan fingerprint density at radius 1 is 1.13 bits per heavy atom. The minimum atomic E-state index is -0.415. The number of anilines is 1. The number of allylic oxidation sites excluding steroid dienone is 3. The van der Waals surface area contributed by atoms with Crippen molar-refractivity contribution in [2.24, 2.45) is 5.92 Å². The highest BCUT2D eigenvalue weighted by Crippen LogP contribution is 2.44. The number of ether oxygens (including phenoxy) is 1. The molecule has 0 spiro atoms. The first kappa shape index (κ1) is 20.2. The van der Waals surface area contributed by atoms with Gasteiger partial charge < -0.3 is 15.4 Å². The van der Waals surface area contributed by atoms with Crippen molar-refractivity contribution in [1.29, 1.82) is 0 Å². The van der Waals surface area contributed by atoms with Gasteiger partial charge in [-0.05, 0) is 43.2 Å². The van der Waals surface area contributed by atoms with Crippen molar-refractivity contribution < 1.29 is 14.3 Å². The van der Waals surface area contributed by atoms with Crippen LogP contribution in [-0.4, -0.2) is 18.8 Å². The summed E-state index contributed by atoms with van der Waals surface area (Å²) in [6.45, 7) is 1.87. The van der Waals surface area contributed by atoms with Crippen molar-refractivity contribution in [1.82, 2.24) is 5.32 Å². The molecule has 1 aliphatic heterocycles. The summed E-state index contributed by atoms with van der Waals surface area (Å²) >= 11 is 6.09. The van der Waals surface area contributed by atoms with Crippen LogP contribution in [0, 0.1) is 5.92 Å². The molecular formula is C24H23ClN2O3. The van der Waals surface area contributed by atoms with Gasteiger partial charge in [-0.3, -0.25) is 9.59 Å². The third-order valence-electron chi connectivity index (χ3n) is 5.65. The van der Waals surface area contributed by atoms with E-state index in [9.17, 15) is 9.59 Å².